The van der Waals surface area contributed by atoms with E-state index in [9.17, 15) is 19.2 Å². The first-order valence-electron chi connectivity index (χ1n) is 8.15. The van der Waals surface area contributed by atoms with Crippen LogP contribution in [0.2, 0.25) is 5.02 Å². The fourth-order valence-corrected chi connectivity index (χ4v) is 2.13. The van der Waals surface area contributed by atoms with Crippen molar-refractivity contribution < 1.29 is 28.3 Å². The summed E-state index contributed by atoms with van der Waals surface area (Å²) >= 11 is 5.96. The van der Waals surface area contributed by atoms with E-state index in [1.807, 2.05) is 6.92 Å². The molecular formula is C18H18ClN3O6. The third kappa shape index (κ3) is 6.76. The number of esters is 1. The minimum Gasteiger partial charge on any atom is -0.459 e. The van der Waals surface area contributed by atoms with Crippen molar-refractivity contribution in [2.75, 3.05) is 25.0 Å². The minimum atomic E-state index is -0.803. The average Bonchev–Trinajstić information content (AvgIpc) is 3.20. The molecule has 2 rings (SSSR count). The second kappa shape index (κ2) is 10.1. The van der Waals surface area contributed by atoms with Crippen LogP contribution in [0.5, 0.6) is 0 Å². The smallest absolute Gasteiger partial charge is 0.325 e. The lowest BCUT2D eigenvalue weighted by atomic mass is 10.2. The number of aryl methyl sites for hydroxylation is 1. The Morgan fingerprint density at radius 3 is 2.54 bits per heavy atom. The Hall–Kier alpha value is -3.33. The molecular weight excluding hydrogens is 390 g/mol. The molecule has 3 N–H and O–H groups in total. The molecule has 0 bridgehead atoms. The van der Waals surface area contributed by atoms with Gasteiger partial charge in [0, 0.05) is 10.7 Å². The molecule has 0 unspecified atom stereocenters. The Labute approximate surface area is 165 Å². The number of rotatable bonds is 8. The van der Waals surface area contributed by atoms with Crippen LogP contribution in [-0.4, -0.2) is 43.4 Å². The number of anilines is 1. The van der Waals surface area contributed by atoms with E-state index in [1.165, 1.54) is 18.4 Å². The maximum absolute atomic E-state index is 11.8. The van der Waals surface area contributed by atoms with Crippen LogP contribution in [-0.2, 0) is 19.1 Å². The molecule has 2 aromatic rings. The highest BCUT2D eigenvalue weighted by molar-refractivity contribution is 6.31. The van der Waals surface area contributed by atoms with Gasteiger partial charge < -0.3 is 25.1 Å². The first-order chi connectivity index (χ1) is 13.3. The molecule has 1 aromatic heterocycles. The number of carbonyl (C=O) groups excluding carboxylic acids is 4. The minimum absolute atomic E-state index is 0.0630. The summed E-state index contributed by atoms with van der Waals surface area (Å²) in [6.07, 6.45) is 1.33. The van der Waals surface area contributed by atoms with Gasteiger partial charge in [0.1, 0.15) is 6.54 Å². The Bertz CT molecular complexity index is 866. The summed E-state index contributed by atoms with van der Waals surface area (Å²) in [7, 11) is 0. The standard InChI is InChI=1S/C18H18ClN3O6/c1-11-4-5-12(7-13(11)19)22-16(24)10-28-17(25)9-20-15(23)8-21-18(26)14-3-2-6-27-14/h2-7H,8-10H2,1H3,(H,20,23)(H,21,26)(H,22,24). The quantitative estimate of drug-likeness (QED) is 0.565. The number of nitrogens with one attached hydrogen (secondary N) is 3. The van der Waals surface area contributed by atoms with Crippen LogP contribution in [0.15, 0.2) is 41.0 Å². The molecule has 0 aliphatic carbocycles. The summed E-state index contributed by atoms with van der Waals surface area (Å²) in [4.78, 5) is 46.5. The first-order valence-corrected chi connectivity index (χ1v) is 8.53. The van der Waals surface area contributed by atoms with Gasteiger partial charge in [-0.15, -0.1) is 0 Å². The van der Waals surface area contributed by atoms with Gasteiger partial charge in [-0.2, -0.15) is 0 Å². The molecule has 1 aromatic carbocycles. The number of carbonyl (C=O) groups is 4. The van der Waals surface area contributed by atoms with Crippen LogP contribution in [0, 0.1) is 6.92 Å². The molecule has 28 heavy (non-hydrogen) atoms. The number of ether oxygens (including phenoxy) is 1. The molecule has 1 heterocycles. The number of amides is 3. The van der Waals surface area contributed by atoms with Gasteiger partial charge in [0.15, 0.2) is 12.4 Å². The van der Waals surface area contributed by atoms with E-state index < -0.39 is 36.8 Å². The zero-order chi connectivity index (χ0) is 20.5. The van der Waals surface area contributed by atoms with Crippen LogP contribution in [0.4, 0.5) is 5.69 Å². The van der Waals surface area contributed by atoms with E-state index in [1.54, 1.807) is 18.2 Å². The number of furan rings is 1. The van der Waals surface area contributed by atoms with Gasteiger partial charge in [-0.25, -0.2) is 0 Å². The highest BCUT2D eigenvalue weighted by atomic mass is 35.5. The Morgan fingerprint density at radius 2 is 1.86 bits per heavy atom. The molecule has 10 heteroatoms. The van der Waals surface area contributed by atoms with E-state index in [-0.39, 0.29) is 12.3 Å². The van der Waals surface area contributed by atoms with Crippen LogP contribution in [0.3, 0.4) is 0 Å². The largest absolute Gasteiger partial charge is 0.459 e. The van der Waals surface area contributed by atoms with Gasteiger partial charge in [0.05, 0.1) is 12.8 Å². The summed E-state index contributed by atoms with van der Waals surface area (Å²) in [5.41, 5.74) is 1.33. The van der Waals surface area contributed by atoms with E-state index in [4.69, 9.17) is 20.8 Å². The van der Waals surface area contributed by atoms with Gasteiger partial charge >= 0.3 is 5.97 Å². The third-order valence-corrected chi connectivity index (χ3v) is 3.81. The van der Waals surface area contributed by atoms with E-state index in [0.717, 1.165) is 5.56 Å². The predicted molar refractivity (Wildman–Crippen MR) is 99.8 cm³/mol. The van der Waals surface area contributed by atoms with Gasteiger partial charge in [-0.1, -0.05) is 17.7 Å². The molecule has 0 saturated carbocycles. The van der Waals surface area contributed by atoms with Crippen LogP contribution in [0.25, 0.3) is 0 Å². The molecule has 0 saturated heterocycles. The molecule has 148 valence electrons. The molecule has 0 fully saturated rings. The Balaban J connectivity index is 1.63. The lowest BCUT2D eigenvalue weighted by Gasteiger charge is -2.08. The number of hydrogen-bond donors (Lipinski definition) is 3. The highest BCUT2D eigenvalue weighted by Crippen LogP contribution is 2.19. The second-order valence-corrected chi connectivity index (χ2v) is 6.02. The third-order valence-electron chi connectivity index (χ3n) is 3.40. The van der Waals surface area contributed by atoms with Gasteiger partial charge in [-0.05, 0) is 36.8 Å². The molecule has 0 atom stereocenters. The molecule has 0 aliphatic rings. The lowest BCUT2D eigenvalue weighted by Crippen LogP contribution is -2.39. The number of benzene rings is 1. The summed E-state index contributed by atoms with van der Waals surface area (Å²) in [6.45, 7) is 0.516. The SMILES string of the molecule is Cc1ccc(NC(=O)COC(=O)CNC(=O)CNC(=O)c2ccco2)cc1Cl. The van der Waals surface area contributed by atoms with Crippen molar-refractivity contribution in [1.29, 1.82) is 0 Å². The molecule has 0 aliphatic heterocycles. The zero-order valence-electron chi connectivity index (χ0n) is 14.9. The highest BCUT2D eigenvalue weighted by Gasteiger charge is 2.12. The predicted octanol–water partition coefficient (Wildman–Crippen LogP) is 1.27. The summed E-state index contributed by atoms with van der Waals surface area (Å²) in [5, 5.41) is 7.61. The van der Waals surface area contributed by atoms with E-state index >= 15 is 0 Å². The van der Waals surface area contributed by atoms with Crippen molar-refractivity contribution in [3.8, 4) is 0 Å². The number of hydrogen-bond acceptors (Lipinski definition) is 6. The van der Waals surface area contributed by atoms with Crippen LogP contribution in [0.1, 0.15) is 16.1 Å². The molecule has 9 nitrogen and oxygen atoms in total. The van der Waals surface area contributed by atoms with E-state index in [0.29, 0.717) is 10.7 Å². The van der Waals surface area contributed by atoms with Crippen molar-refractivity contribution in [1.82, 2.24) is 10.6 Å². The van der Waals surface area contributed by atoms with Crippen molar-refractivity contribution in [2.45, 2.75) is 6.92 Å². The molecule has 3 amide bonds. The van der Waals surface area contributed by atoms with E-state index in [2.05, 4.69) is 16.0 Å². The van der Waals surface area contributed by atoms with Gasteiger partial charge in [0.25, 0.3) is 11.8 Å². The maximum atomic E-state index is 11.8. The van der Waals surface area contributed by atoms with Crippen LogP contribution < -0.4 is 16.0 Å². The van der Waals surface area contributed by atoms with Gasteiger partial charge in [0.2, 0.25) is 5.91 Å². The zero-order valence-corrected chi connectivity index (χ0v) is 15.7. The fraction of sp³-hybridized carbons (Fsp3) is 0.222. The van der Waals surface area contributed by atoms with Crippen LogP contribution >= 0.6 is 11.6 Å². The normalized spacial score (nSPS) is 10.1. The van der Waals surface area contributed by atoms with Gasteiger partial charge in [-0.3, -0.25) is 19.2 Å². The molecule has 0 radical (unpaired) electrons. The second-order valence-electron chi connectivity index (χ2n) is 5.61. The van der Waals surface area contributed by atoms with Crippen molar-refractivity contribution in [2.24, 2.45) is 0 Å². The Kier molecular flexibility index (Phi) is 7.58. The topological polar surface area (TPSA) is 127 Å². The monoisotopic (exact) mass is 407 g/mol. The Morgan fingerprint density at radius 1 is 1.07 bits per heavy atom. The van der Waals surface area contributed by atoms with Crippen molar-refractivity contribution in [3.63, 3.8) is 0 Å². The summed E-state index contributed by atoms with van der Waals surface area (Å²) < 4.78 is 9.64. The summed E-state index contributed by atoms with van der Waals surface area (Å²) in [6, 6.07) is 7.96. The average molecular weight is 408 g/mol. The van der Waals surface area contributed by atoms with Crippen molar-refractivity contribution >= 4 is 41.0 Å². The first kappa shape index (κ1) is 21.0. The fourth-order valence-electron chi connectivity index (χ4n) is 1.95. The number of halogens is 1. The summed E-state index contributed by atoms with van der Waals surface area (Å²) in [5.74, 6) is -2.45. The lowest BCUT2D eigenvalue weighted by molar-refractivity contribution is -0.147. The van der Waals surface area contributed by atoms with Crippen molar-refractivity contribution in [3.05, 3.63) is 52.9 Å². The molecule has 0 spiro atoms. The maximum Gasteiger partial charge on any atom is 0.325 e.